The number of amides is 2. The van der Waals surface area contributed by atoms with Gasteiger partial charge >= 0.3 is 6.09 Å². The van der Waals surface area contributed by atoms with Crippen molar-refractivity contribution in [3.63, 3.8) is 0 Å². The summed E-state index contributed by atoms with van der Waals surface area (Å²) in [5.41, 5.74) is 0.391. The minimum Gasteiger partial charge on any atom is -0.449 e. The van der Waals surface area contributed by atoms with E-state index in [-0.39, 0.29) is 17.8 Å². The van der Waals surface area contributed by atoms with Gasteiger partial charge in [0.15, 0.2) is 0 Å². The van der Waals surface area contributed by atoms with Gasteiger partial charge in [0.25, 0.3) is 5.91 Å². The molecule has 0 unspecified atom stereocenters. The molecule has 1 N–H and O–H groups in total. The minimum atomic E-state index is -0.382. The van der Waals surface area contributed by atoms with Crippen LogP contribution in [-0.2, 0) is 4.74 Å². The van der Waals surface area contributed by atoms with Crippen molar-refractivity contribution >= 4 is 12.0 Å². The molecule has 0 saturated carbocycles. The summed E-state index contributed by atoms with van der Waals surface area (Å²) in [5.74, 6) is -0.669. The molecule has 5 nitrogen and oxygen atoms in total. The molecule has 1 aromatic carbocycles. The number of benzene rings is 1. The lowest BCUT2D eigenvalue weighted by molar-refractivity contribution is 0.0719. The molecule has 0 atom stereocenters. The third kappa shape index (κ3) is 3.67. The van der Waals surface area contributed by atoms with E-state index in [1.165, 1.54) is 24.3 Å². The lowest BCUT2D eigenvalue weighted by Crippen LogP contribution is -2.42. The van der Waals surface area contributed by atoms with Crippen LogP contribution in [0, 0.1) is 5.82 Å². The fourth-order valence-electron chi connectivity index (χ4n) is 1.81. The molecule has 0 radical (unpaired) electrons. The monoisotopic (exact) mass is 266 g/mol. The Hall–Kier alpha value is -2.11. The molecule has 0 spiro atoms. The first kappa shape index (κ1) is 13.3. The van der Waals surface area contributed by atoms with Gasteiger partial charge in [0.1, 0.15) is 5.82 Å². The summed E-state index contributed by atoms with van der Waals surface area (Å²) in [4.78, 5) is 24.6. The fourth-order valence-corrected chi connectivity index (χ4v) is 1.81. The van der Waals surface area contributed by atoms with Gasteiger partial charge in [-0.05, 0) is 30.7 Å². The van der Waals surface area contributed by atoms with Gasteiger partial charge in [0.2, 0.25) is 0 Å². The zero-order chi connectivity index (χ0) is 13.7. The van der Waals surface area contributed by atoms with Gasteiger partial charge in [-0.1, -0.05) is 0 Å². The lowest BCUT2D eigenvalue weighted by Gasteiger charge is -2.26. The summed E-state index contributed by atoms with van der Waals surface area (Å²) in [6.07, 6.45) is 0.458. The first-order valence-electron chi connectivity index (χ1n) is 6.12. The number of hydrogen-bond donors (Lipinski definition) is 1. The number of halogens is 1. The maximum atomic E-state index is 12.7. The molecule has 0 bridgehead atoms. The molecule has 0 aliphatic carbocycles. The Kier molecular flexibility index (Phi) is 4.33. The van der Waals surface area contributed by atoms with Crippen LogP contribution in [0.3, 0.4) is 0 Å². The van der Waals surface area contributed by atoms with Crippen LogP contribution in [0.5, 0.6) is 0 Å². The molecule has 6 heteroatoms. The maximum Gasteiger partial charge on any atom is 0.409 e. The molecule has 1 aliphatic heterocycles. The van der Waals surface area contributed by atoms with Crippen molar-refractivity contribution < 1.29 is 18.7 Å². The van der Waals surface area contributed by atoms with Crippen LogP contribution in [0.25, 0.3) is 0 Å². The van der Waals surface area contributed by atoms with Crippen molar-refractivity contribution in [1.29, 1.82) is 0 Å². The second-order valence-electron chi connectivity index (χ2n) is 4.22. The Morgan fingerprint density at radius 1 is 1.37 bits per heavy atom. The van der Waals surface area contributed by atoms with E-state index in [1.807, 2.05) is 0 Å². The topological polar surface area (TPSA) is 58.6 Å². The molecule has 1 heterocycles. The number of nitrogens with one attached hydrogen (secondary N) is 1. The van der Waals surface area contributed by atoms with E-state index in [9.17, 15) is 14.0 Å². The molecule has 19 heavy (non-hydrogen) atoms. The Balaban J connectivity index is 1.77. The van der Waals surface area contributed by atoms with Crippen molar-refractivity contribution in [2.75, 3.05) is 26.2 Å². The van der Waals surface area contributed by atoms with Gasteiger partial charge in [0.05, 0.1) is 6.61 Å². The maximum absolute atomic E-state index is 12.7. The molecule has 102 valence electrons. The minimum absolute atomic E-state index is 0.287. The predicted octanol–water partition coefficient (Wildman–Crippen LogP) is 1.40. The van der Waals surface area contributed by atoms with E-state index in [1.54, 1.807) is 4.90 Å². The summed E-state index contributed by atoms with van der Waals surface area (Å²) in [5, 5.41) is 2.68. The summed E-state index contributed by atoms with van der Waals surface area (Å²) < 4.78 is 17.6. The predicted molar refractivity (Wildman–Crippen MR) is 66.3 cm³/mol. The van der Waals surface area contributed by atoms with Gasteiger partial charge in [-0.2, -0.15) is 0 Å². The third-order valence-corrected chi connectivity index (χ3v) is 2.83. The van der Waals surface area contributed by atoms with Crippen molar-refractivity contribution in [3.8, 4) is 0 Å². The van der Waals surface area contributed by atoms with E-state index >= 15 is 0 Å². The first-order valence-corrected chi connectivity index (χ1v) is 6.12. The number of carbonyl (C=O) groups excluding carboxylic acids is 2. The number of rotatable bonds is 4. The van der Waals surface area contributed by atoms with Gasteiger partial charge in [-0.15, -0.1) is 0 Å². The highest BCUT2D eigenvalue weighted by Crippen LogP contribution is 2.04. The second kappa shape index (κ2) is 6.17. The number of nitrogens with zero attached hydrogens (tertiary/aromatic N) is 1. The van der Waals surface area contributed by atoms with Gasteiger partial charge in [0, 0.05) is 25.2 Å². The normalized spacial score (nSPS) is 15.0. The summed E-state index contributed by atoms with van der Waals surface area (Å²) in [7, 11) is 0. The number of carbonyl (C=O) groups is 2. The van der Waals surface area contributed by atoms with E-state index in [4.69, 9.17) is 4.74 Å². The zero-order valence-corrected chi connectivity index (χ0v) is 10.4. The van der Waals surface area contributed by atoms with Gasteiger partial charge in [-0.25, -0.2) is 9.18 Å². The number of cyclic esters (lactones) is 1. The van der Waals surface area contributed by atoms with Gasteiger partial charge < -0.3 is 15.0 Å². The van der Waals surface area contributed by atoms with E-state index in [2.05, 4.69) is 5.32 Å². The highest BCUT2D eigenvalue weighted by atomic mass is 19.1. The fraction of sp³-hybridized carbons (Fsp3) is 0.385. The van der Waals surface area contributed by atoms with E-state index < -0.39 is 0 Å². The average Bonchev–Trinajstić information content (AvgIpc) is 2.41. The second-order valence-corrected chi connectivity index (χ2v) is 4.22. The molecule has 0 aromatic heterocycles. The Labute approximate surface area is 110 Å². The summed E-state index contributed by atoms with van der Waals surface area (Å²) in [6, 6.07) is 5.30. The van der Waals surface area contributed by atoms with Crippen LogP contribution in [0.2, 0.25) is 0 Å². The Morgan fingerprint density at radius 2 is 2.11 bits per heavy atom. The molecule has 1 aromatic rings. The van der Waals surface area contributed by atoms with E-state index in [0.717, 1.165) is 6.42 Å². The quantitative estimate of drug-likeness (QED) is 0.896. The molecule has 2 amide bonds. The molecule has 1 aliphatic rings. The number of ether oxygens (including phenoxy) is 1. The average molecular weight is 266 g/mol. The molecule has 2 rings (SSSR count). The lowest BCUT2D eigenvalue weighted by atomic mass is 10.2. The zero-order valence-electron chi connectivity index (χ0n) is 10.4. The molecular formula is C13H15FN2O3. The van der Waals surface area contributed by atoms with Crippen LogP contribution in [0.4, 0.5) is 9.18 Å². The Bertz CT molecular complexity index is 461. The van der Waals surface area contributed by atoms with E-state index in [0.29, 0.717) is 31.8 Å². The highest BCUT2D eigenvalue weighted by Gasteiger charge is 2.18. The van der Waals surface area contributed by atoms with Crippen LogP contribution in [0.15, 0.2) is 24.3 Å². The van der Waals surface area contributed by atoms with Crippen LogP contribution in [0.1, 0.15) is 16.8 Å². The third-order valence-electron chi connectivity index (χ3n) is 2.83. The molecular weight excluding hydrogens is 251 g/mol. The summed E-state index contributed by atoms with van der Waals surface area (Å²) >= 11 is 0. The van der Waals surface area contributed by atoms with Crippen LogP contribution in [-0.4, -0.2) is 43.1 Å². The number of hydrogen-bond acceptors (Lipinski definition) is 3. The highest BCUT2D eigenvalue weighted by molar-refractivity contribution is 5.94. The Morgan fingerprint density at radius 3 is 2.79 bits per heavy atom. The van der Waals surface area contributed by atoms with Crippen molar-refractivity contribution in [2.24, 2.45) is 0 Å². The first-order chi connectivity index (χ1) is 9.16. The van der Waals surface area contributed by atoms with Crippen molar-refractivity contribution in [3.05, 3.63) is 35.6 Å². The van der Waals surface area contributed by atoms with Crippen molar-refractivity contribution in [1.82, 2.24) is 10.2 Å². The smallest absolute Gasteiger partial charge is 0.409 e. The summed E-state index contributed by atoms with van der Waals surface area (Å²) in [6.45, 7) is 1.85. The molecule has 1 saturated heterocycles. The van der Waals surface area contributed by atoms with Crippen LogP contribution < -0.4 is 5.32 Å². The van der Waals surface area contributed by atoms with Crippen molar-refractivity contribution in [2.45, 2.75) is 6.42 Å². The van der Waals surface area contributed by atoms with Gasteiger partial charge in [-0.3, -0.25) is 4.79 Å². The SMILES string of the molecule is O=C(NCCN1CCCOC1=O)c1ccc(F)cc1. The molecule has 1 fully saturated rings. The largest absolute Gasteiger partial charge is 0.449 e. The van der Waals surface area contributed by atoms with Crippen LogP contribution >= 0.6 is 0 Å². The standard InChI is InChI=1S/C13H15FN2O3/c14-11-4-2-10(3-5-11)12(17)15-6-8-16-7-1-9-19-13(16)18/h2-5H,1,6-9H2,(H,15,17).